The first-order chi connectivity index (χ1) is 15.4. The first-order valence-electron chi connectivity index (χ1n) is 11.2. The summed E-state index contributed by atoms with van der Waals surface area (Å²) in [6, 6.07) is 12.0. The van der Waals surface area contributed by atoms with E-state index in [2.05, 4.69) is 11.4 Å². The molecule has 2 amide bonds. The number of rotatable bonds is 4. The molecule has 2 aromatic heterocycles. The van der Waals surface area contributed by atoms with E-state index in [0.717, 1.165) is 53.1 Å². The van der Waals surface area contributed by atoms with Gasteiger partial charge in [0.1, 0.15) is 16.9 Å². The number of aromatic nitrogens is 2. The highest BCUT2D eigenvalue weighted by Gasteiger charge is 2.49. The Morgan fingerprint density at radius 3 is 2.66 bits per heavy atom. The van der Waals surface area contributed by atoms with Gasteiger partial charge in [0.15, 0.2) is 0 Å². The Kier molecular flexibility index (Phi) is 5.16. The van der Waals surface area contributed by atoms with Crippen LogP contribution in [0, 0.1) is 13.8 Å². The van der Waals surface area contributed by atoms with Gasteiger partial charge in [-0.25, -0.2) is 0 Å². The molecule has 0 saturated heterocycles. The van der Waals surface area contributed by atoms with Crippen LogP contribution < -0.4 is 10.2 Å². The summed E-state index contributed by atoms with van der Waals surface area (Å²) < 4.78 is 1.71. The molecule has 1 atom stereocenters. The molecule has 32 heavy (non-hydrogen) atoms. The molecule has 166 valence electrons. The highest BCUT2D eigenvalue weighted by atomic mass is 32.1. The predicted octanol–water partition coefficient (Wildman–Crippen LogP) is 4.71. The van der Waals surface area contributed by atoms with Crippen molar-refractivity contribution in [3.8, 4) is 10.6 Å². The number of fused-ring (bicyclic) bond motifs is 1. The first-order valence-corrected chi connectivity index (χ1v) is 12.1. The van der Waals surface area contributed by atoms with Gasteiger partial charge in [-0.15, -0.1) is 11.3 Å². The van der Waals surface area contributed by atoms with Crippen LogP contribution >= 0.6 is 11.3 Å². The largest absolute Gasteiger partial charge is 0.351 e. The summed E-state index contributed by atoms with van der Waals surface area (Å²) in [5, 5.41) is 9.95. The molecule has 0 bridgehead atoms. The highest BCUT2D eigenvalue weighted by molar-refractivity contribution is 7.13. The van der Waals surface area contributed by atoms with Gasteiger partial charge >= 0.3 is 0 Å². The van der Waals surface area contributed by atoms with Crippen LogP contribution in [-0.4, -0.2) is 33.2 Å². The Morgan fingerprint density at radius 2 is 1.97 bits per heavy atom. The molecule has 7 heteroatoms. The number of carbonyl (C=O) groups excluding carboxylic acids is 2. The lowest BCUT2D eigenvalue weighted by Gasteiger charge is -2.44. The SMILES string of the molecule is Cc1ccc(N2C(=O)c3cc(-c4cccs4)nn3CC2(C)C(=O)NC2CCCC2)c(C)c1. The Morgan fingerprint density at radius 1 is 1.19 bits per heavy atom. The van der Waals surface area contributed by atoms with Crippen molar-refractivity contribution in [3.63, 3.8) is 0 Å². The van der Waals surface area contributed by atoms with Crippen molar-refractivity contribution in [2.24, 2.45) is 0 Å². The molecule has 1 saturated carbocycles. The molecule has 6 nitrogen and oxygen atoms in total. The Hall–Kier alpha value is -2.93. The van der Waals surface area contributed by atoms with E-state index in [0.29, 0.717) is 12.2 Å². The van der Waals surface area contributed by atoms with Crippen molar-refractivity contribution in [1.29, 1.82) is 0 Å². The quantitative estimate of drug-likeness (QED) is 0.629. The summed E-state index contributed by atoms with van der Waals surface area (Å²) in [5.74, 6) is -0.306. The van der Waals surface area contributed by atoms with Gasteiger partial charge in [-0.1, -0.05) is 36.6 Å². The molecule has 5 rings (SSSR count). The molecule has 0 spiro atoms. The van der Waals surface area contributed by atoms with Crippen molar-refractivity contribution in [2.75, 3.05) is 4.90 Å². The number of amides is 2. The number of hydrogen-bond acceptors (Lipinski definition) is 4. The number of aryl methyl sites for hydroxylation is 2. The molecule has 1 unspecified atom stereocenters. The van der Waals surface area contributed by atoms with E-state index in [1.54, 1.807) is 20.9 Å². The second kappa shape index (κ2) is 7.89. The lowest BCUT2D eigenvalue weighted by atomic mass is 9.92. The molecule has 1 N–H and O–H groups in total. The van der Waals surface area contributed by atoms with E-state index in [1.165, 1.54) is 0 Å². The molecule has 1 fully saturated rings. The average Bonchev–Trinajstić information content (AvgIpc) is 3.50. The number of thiophene rings is 1. The summed E-state index contributed by atoms with van der Waals surface area (Å²) in [6.45, 7) is 6.20. The van der Waals surface area contributed by atoms with Crippen LogP contribution in [0.15, 0.2) is 41.8 Å². The maximum absolute atomic E-state index is 13.9. The fourth-order valence-corrected chi connectivity index (χ4v) is 5.65. The molecule has 3 aromatic rings. The number of anilines is 1. The van der Waals surface area contributed by atoms with E-state index in [-0.39, 0.29) is 17.9 Å². The maximum atomic E-state index is 13.9. The number of nitrogens with zero attached hydrogens (tertiary/aromatic N) is 3. The Balaban J connectivity index is 1.60. The number of nitrogens with one attached hydrogen (secondary N) is 1. The van der Waals surface area contributed by atoms with Crippen molar-refractivity contribution < 1.29 is 9.59 Å². The number of hydrogen-bond donors (Lipinski definition) is 1. The van der Waals surface area contributed by atoms with E-state index >= 15 is 0 Å². The van der Waals surface area contributed by atoms with Crippen molar-refractivity contribution in [3.05, 3.63) is 58.6 Å². The van der Waals surface area contributed by atoms with E-state index in [9.17, 15) is 9.59 Å². The highest BCUT2D eigenvalue weighted by Crippen LogP contribution is 2.37. The van der Waals surface area contributed by atoms with Gasteiger partial charge in [0.25, 0.3) is 5.91 Å². The van der Waals surface area contributed by atoms with Crippen molar-refractivity contribution in [1.82, 2.24) is 15.1 Å². The Bertz CT molecular complexity index is 1180. The molecular weight excluding hydrogens is 420 g/mol. The van der Waals surface area contributed by atoms with Gasteiger partial charge in [-0.05, 0) is 62.8 Å². The minimum Gasteiger partial charge on any atom is -0.351 e. The van der Waals surface area contributed by atoms with E-state index in [4.69, 9.17) is 5.10 Å². The topological polar surface area (TPSA) is 67.2 Å². The summed E-state index contributed by atoms with van der Waals surface area (Å²) in [4.78, 5) is 30.3. The lowest BCUT2D eigenvalue weighted by Crippen LogP contribution is -2.65. The van der Waals surface area contributed by atoms with Crippen LogP contribution in [-0.2, 0) is 11.3 Å². The fourth-order valence-electron chi connectivity index (χ4n) is 4.97. The molecule has 1 aliphatic carbocycles. The molecule has 2 aliphatic rings. The lowest BCUT2D eigenvalue weighted by molar-refractivity contribution is -0.127. The molecule has 1 aromatic carbocycles. The number of carbonyl (C=O) groups is 2. The van der Waals surface area contributed by atoms with Gasteiger partial charge in [-0.3, -0.25) is 19.2 Å². The van der Waals surface area contributed by atoms with E-state index in [1.807, 2.05) is 56.5 Å². The van der Waals surface area contributed by atoms with Crippen LogP contribution in [0.2, 0.25) is 0 Å². The summed E-state index contributed by atoms with van der Waals surface area (Å²) in [7, 11) is 0. The van der Waals surface area contributed by atoms with Crippen LogP contribution in [0.25, 0.3) is 10.6 Å². The van der Waals surface area contributed by atoms with Crippen molar-refractivity contribution >= 4 is 28.8 Å². The zero-order valence-corrected chi connectivity index (χ0v) is 19.5. The van der Waals surface area contributed by atoms with E-state index < -0.39 is 5.54 Å². The fraction of sp³-hybridized carbons (Fsp3) is 0.400. The summed E-state index contributed by atoms with van der Waals surface area (Å²) in [5.41, 5.74) is 3.08. The zero-order valence-electron chi connectivity index (χ0n) is 18.7. The smallest absolute Gasteiger partial charge is 0.277 e. The second-order valence-electron chi connectivity index (χ2n) is 9.21. The van der Waals surface area contributed by atoms with Crippen LogP contribution in [0.1, 0.15) is 54.2 Å². The van der Waals surface area contributed by atoms with Gasteiger partial charge in [0.05, 0.1) is 11.4 Å². The summed E-state index contributed by atoms with van der Waals surface area (Å²) >= 11 is 1.59. The Labute approximate surface area is 192 Å². The summed E-state index contributed by atoms with van der Waals surface area (Å²) in [6.07, 6.45) is 4.26. The third kappa shape index (κ3) is 3.45. The van der Waals surface area contributed by atoms with Crippen LogP contribution in [0.4, 0.5) is 5.69 Å². The normalized spacial score (nSPS) is 21.1. The maximum Gasteiger partial charge on any atom is 0.277 e. The molecule has 1 aliphatic heterocycles. The monoisotopic (exact) mass is 448 g/mol. The molecule has 3 heterocycles. The third-order valence-corrected chi connectivity index (χ3v) is 7.59. The molecule has 0 radical (unpaired) electrons. The van der Waals surface area contributed by atoms with Crippen LogP contribution in [0.3, 0.4) is 0 Å². The minimum atomic E-state index is -1.08. The predicted molar refractivity (Wildman–Crippen MR) is 127 cm³/mol. The minimum absolute atomic E-state index is 0.114. The standard InChI is InChI=1S/C25H28N4O2S/c1-16-10-11-20(17(2)13-16)29-23(30)21-14-19(22-9-6-12-32-22)27-28(21)15-25(29,3)24(31)26-18-7-4-5-8-18/h6,9-14,18H,4-5,7-8,15H2,1-3H3,(H,26,31). The third-order valence-electron chi connectivity index (χ3n) is 6.70. The van der Waals surface area contributed by atoms with Gasteiger partial charge in [0, 0.05) is 11.7 Å². The zero-order chi connectivity index (χ0) is 22.5. The van der Waals surface area contributed by atoms with Gasteiger partial charge in [-0.2, -0.15) is 5.10 Å². The van der Waals surface area contributed by atoms with Gasteiger partial charge in [0.2, 0.25) is 5.91 Å². The molecular formula is C25H28N4O2S. The number of benzene rings is 1. The second-order valence-corrected chi connectivity index (χ2v) is 10.2. The van der Waals surface area contributed by atoms with Gasteiger partial charge < -0.3 is 5.32 Å². The average molecular weight is 449 g/mol. The van der Waals surface area contributed by atoms with Crippen LogP contribution in [0.5, 0.6) is 0 Å². The first kappa shape index (κ1) is 20.9. The van der Waals surface area contributed by atoms with Crippen molar-refractivity contribution in [2.45, 2.75) is 64.6 Å².